The number of nitrogens with two attached hydrogens (primary N) is 1. The molecule has 0 radical (unpaired) electrons. The van der Waals surface area contributed by atoms with E-state index in [4.69, 9.17) is 5.73 Å². The predicted molar refractivity (Wildman–Crippen MR) is 70.4 cm³/mol. The first kappa shape index (κ1) is 15.4. The zero-order chi connectivity index (χ0) is 12.1. The first-order valence-electron chi connectivity index (χ1n) is 4.91. The Morgan fingerprint density at radius 3 is 2.41 bits per heavy atom. The van der Waals surface area contributed by atoms with Crippen molar-refractivity contribution in [2.45, 2.75) is 13.8 Å². The first-order chi connectivity index (χ1) is 7.52. The standard InChI is InChI=1S/C11H15N3O2.ClH/c1-7-3-4-9(13-8(2)15)10(5-7)14-11(16)6-12;/h3-5H,6,12H2,1-2H3,(H,13,15)(H,14,16);1H. The molecule has 1 rings (SSSR count). The molecule has 1 aromatic rings. The highest BCUT2D eigenvalue weighted by atomic mass is 35.5. The fraction of sp³-hybridized carbons (Fsp3) is 0.273. The Morgan fingerprint density at radius 2 is 1.88 bits per heavy atom. The van der Waals surface area contributed by atoms with E-state index < -0.39 is 0 Å². The maximum Gasteiger partial charge on any atom is 0.238 e. The van der Waals surface area contributed by atoms with Crippen LogP contribution in [0.15, 0.2) is 18.2 Å². The maximum absolute atomic E-state index is 11.2. The van der Waals surface area contributed by atoms with E-state index in [1.54, 1.807) is 12.1 Å². The largest absolute Gasteiger partial charge is 0.325 e. The van der Waals surface area contributed by atoms with E-state index in [9.17, 15) is 9.59 Å². The molecule has 0 saturated heterocycles. The minimum atomic E-state index is -0.294. The van der Waals surface area contributed by atoms with Crippen LogP contribution in [0.2, 0.25) is 0 Å². The van der Waals surface area contributed by atoms with E-state index in [2.05, 4.69) is 10.6 Å². The van der Waals surface area contributed by atoms with Crippen molar-refractivity contribution in [1.29, 1.82) is 0 Å². The highest BCUT2D eigenvalue weighted by Gasteiger charge is 2.06. The molecule has 0 atom stereocenters. The summed E-state index contributed by atoms with van der Waals surface area (Å²) in [6.45, 7) is 3.22. The van der Waals surface area contributed by atoms with Crippen molar-refractivity contribution in [2.75, 3.05) is 17.2 Å². The summed E-state index contributed by atoms with van der Waals surface area (Å²) in [4.78, 5) is 22.1. The van der Waals surface area contributed by atoms with E-state index in [0.29, 0.717) is 11.4 Å². The van der Waals surface area contributed by atoms with Gasteiger partial charge in [0, 0.05) is 6.92 Å². The molecule has 4 N–H and O–H groups in total. The van der Waals surface area contributed by atoms with Crippen LogP contribution in [-0.2, 0) is 9.59 Å². The molecule has 5 nitrogen and oxygen atoms in total. The Morgan fingerprint density at radius 1 is 1.24 bits per heavy atom. The van der Waals surface area contributed by atoms with Crippen LogP contribution in [0.5, 0.6) is 0 Å². The predicted octanol–water partition coefficient (Wildman–Crippen LogP) is 1.27. The van der Waals surface area contributed by atoms with E-state index in [0.717, 1.165) is 5.56 Å². The number of benzene rings is 1. The molecule has 6 heteroatoms. The molecule has 1 aromatic carbocycles. The van der Waals surface area contributed by atoms with Crippen LogP contribution in [0.4, 0.5) is 11.4 Å². The van der Waals surface area contributed by atoms with Gasteiger partial charge in [-0.1, -0.05) is 6.07 Å². The van der Waals surface area contributed by atoms with Gasteiger partial charge in [-0.2, -0.15) is 0 Å². The van der Waals surface area contributed by atoms with E-state index in [-0.39, 0.29) is 30.8 Å². The molecule has 0 unspecified atom stereocenters. The van der Waals surface area contributed by atoms with E-state index >= 15 is 0 Å². The highest BCUT2D eigenvalue weighted by Crippen LogP contribution is 2.22. The third-order valence-corrected chi connectivity index (χ3v) is 1.95. The van der Waals surface area contributed by atoms with Gasteiger partial charge in [-0.05, 0) is 24.6 Å². The smallest absolute Gasteiger partial charge is 0.238 e. The number of carbonyl (C=O) groups is 2. The van der Waals surface area contributed by atoms with Crippen LogP contribution in [0.25, 0.3) is 0 Å². The van der Waals surface area contributed by atoms with Crippen molar-refractivity contribution < 1.29 is 9.59 Å². The normalized spacial score (nSPS) is 9.12. The number of halogens is 1. The van der Waals surface area contributed by atoms with Gasteiger partial charge in [-0.3, -0.25) is 9.59 Å². The summed E-state index contributed by atoms with van der Waals surface area (Å²) in [5, 5.41) is 5.26. The summed E-state index contributed by atoms with van der Waals surface area (Å²) in [7, 11) is 0. The van der Waals surface area contributed by atoms with Gasteiger partial charge in [0.15, 0.2) is 0 Å². The summed E-state index contributed by atoms with van der Waals surface area (Å²) in [5.41, 5.74) is 7.33. The number of rotatable bonds is 3. The summed E-state index contributed by atoms with van der Waals surface area (Å²) in [6.07, 6.45) is 0. The minimum Gasteiger partial charge on any atom is -0.325 e. The number of amides is 2. The van der Waals surface area contributed by atoms with Crippen molar-refractivity contribution in [1.82, 2.24) is 0 Å². The molecule has 17 heavy (non-hydrogen) atoms. The number of nitrogens with one attached hydrogen (secondary N) is 2. The molecule has 94 valence electrons. The molecule has 2 amide bonds. The fourth-order valence-electron chi connectivity index (χ4n) is 1.26. The highest BCUT2D eigenvalue weighted by molar-refractivity contribution is 5.99. The molecule has 0 spiro atoms. The van der Waals surface area contributed by atoms with Crippen LogP contribution in [-0.4, -0.2) is 18.4 Å². The zero-order valence-corrected chi connectivity index (χ0v) is 10.6. The van der Waals surface area contributed by atoms with Crippen LogP contribution in [0.1, 0.15) is 12.5 Å². The molecule has 0 aromatic heterocycles. The average molecular weight is 258 g/mol. The van der Waals surface area contributed by atoms with Crippen LogP contribution in [0.3, 0.4) is 0 Å². The Hall–Kier alpha value is -1.59. The summed E-state index contributed by atoms with van der Waals surface area (Å²) in [6, 6.07) is 5.37. The summed E-state index contributed by atoms with van der Waals surface area (Å²) < 4.78 is 0. The quantitative estimate of drug-likeness (QED) is 0.762. The maximum atomic E-state index is 11.2. The zero-order valence-electron chi connectivity index (χ0n) is 9.74. The first-order valence-corrected chi connectivity index (χ1v) is 4.91. The lowest BCUT2D eigenvalue weighted by Crippen LogP contribution is -2.22. The summed E-state index contributed by atoms with van der Waals surface area (Å²) >= 11 is 0. The van der Waals surface area contributed by atoms with Crippen molar-refractivity contribution in [3.63, 3.8) is 0 Å². The van der Waals surface area contributed by atoms with Gasteiger partial charge < -0.3 is 16.4 Å². The molecule has 0 aliphatic heterocycles. The van der Waals surface area contributed by atoms with Gasteiger partial charge in [0.05, 0.1) is 17.9 Å². The topological polar surface area (TPSA) is 84.2 Å². The second-order valence-corrected chi connectivity index (χ2v) is 3.48. The molecule has 0 aliphatic carbocycles. The second-order valence-electron chi connectivity index (χ2n) is 3.48. The lowest BCUT2D eigenvalue weighted by molar-refractivity contribution is -0.115. The number of aryl methyl sites for hydroxylation is 1. The Labute approximate surface area is 106 Å². The van der Waals surface area contributed by atoms with Crippen molar-refractivity contribution in [3.8, 4) is 0 Å². The Kier molecular flexibility index (Phi) is 6.23. The summed E-state index contributed by atoms with van der Waals surface area (Å²) in [5.74, 6) is -0.482. The second kappa shape index (κ2) is 6.88. The molecule has 0 heterocycles. The lowest BCUT2D eigenvalue weighted by atomic mass is 10.2. The molecule has 0 saturated carbocycles. The molecule has 0 fully saturated rings. The molecule has 0 aliphatic rings. The van der Waals surface area contributed by atoms with Gasteiger partial charge in [0.25, 0.3) is 0 Å². The van der Waals surface area contributed by atoms with Crippen LogP contribution in [0, 0.1) is 6.92 Å². The Balaban J connectivity index is 0.00000256. The monoisotopic (exact) mass is 257 g/mol. The van der Waals surface area contributed by atoms with Crippen LogP contribution < -0.4 is 16.4 Å². The van der Waals surface area contributed by atoms with Gasteiger partial charge in [0.2, 0.25) is 11.8 Å². The van der Waals surface area contributed by atoms with Crippen molar-refractivity contribution in [2.24, 2.45) is 5.73 Å². The van der Waals surface area contributed by atoms with Gasteiger partial charge >= 0.3 is 0 Å². The SMILES string of the molecule is CC(=O)Nc1ccc(C)cc1NC(=O)CN.Cl. The number of hydrogen-bond donors (Lipinski definition) is 3. The minimum absolute atomic E-state index is 0. The third kappa shape index (κ3) is 4.84. The van der Waals surface area contributed by atoms with Gasteiger partial charge in [-0.15, -0.1) is 12.4 Å². The molecule has 0 bridgehead atoms. The van der Waals surface area contributed by atoms with Crippen molar-refractivity contribution in [3.05, 3.63) is 23.8 Å². The Bertz CT molecular complexity index is 421. The lowest BCUT2D eigenvalue weighted by Gasteiger charge is -2.11. The number of hydrogen-bond acceptors (Lipinski definition) is 3. The number of anilines is 2. The molecular weight excluding hydrogens is 242 g/mol. The van der Waals surface area contributed by atoms with Gasteiger partial charge in [0.1, 0.15) is 0 Å². The van der Waals surface area contributed by atoms with Gasteiger partial charge in [-0.25, -0.2) is 0 Å². The fourth-order valence-corrected chi connectivity index (χ4v) is 1.26. The van der Waals surface area contributed by atoms with E-state index in [1.807, 2.05) is 13.0 Å². The van der Waals surface area contributed by atoms with Crippen LogP contribution >= 0.6 is 12.4 Å². The molecular formula is C11H16ClN3O2. The van der Waals surface area contributed by atoms with E-state index in [1.165, 1.54) is 6.92 Å². The third-order valence-electron chi connectivity index (χ3n) is 1.95. The number of carbonyl (C=O) groups excluding carboxylic acids is 2. The van der Waals surface area contributed by atoms with Crippen molar-refractivity contribution >= 4 is 35.6 Å². The average Bonchev–Trinajstić information content (AvgIpc) is 2.21.